The maximum Gasteiger partial charge on any atom is -0.00773 e. The van der Waals surface area contributed by atoms with Gasteiger partial charge in [0.05, 0.1) is 0 Å². The summed E-state index contributed by atoms with van der Waals surface area (Å²) in [5, 5.41) is 0. The van der Waals surface area contributed by atoms with Gasteiger partial charge in [0.2, 0.25) is 0 Å². The Kier molecular flexibility index (Phi) is 30.2. The van der Waals surface area contributed by atoms with E-state index in [2.05, 4.69) is 6.92 Å². The maximum absolute atomic E-state index is 5.44. The normalized spacial score (nSPS) is 10.5. The monoisotopic (exact) mass is 343 g/mol. The van der Waals surface area contributed by atoms with Gasteiger partial charge in [-0.3, -0.25) is 0 Å². The van der Waals surface area contributed by atoms with Gasteiger partial charge in [0.25, 0.3) is 0 Å². The largest absolute Gasteiger partial charge is 0.330 e. The standard InChI is InChI=1S/C13H29N.C8H20N2/c1-2-3-4-5-6-7-8-9-10-11-12-13-14;9-7-5-3-1-2-4-6-8-10/h2-14H2,1H3;1-10H2. The molecule has 0 aromatic carbocycles. The zero-order valence-electron chi connectivity index (χ0n) is 16.9. The van der Waals surface area contributed by atoms with Crippen LogP contribution in [0.15, 0.2) is 0 Å². The fraction of sp³-hybridized carbons (Fsp3) is 1.00. The predicted molar refractivity (Wildman–Crippen MR) is 111 cm³/mol. The van der Waals surface area contributed by atoms with E-state index in [-0.39, 0.29) is 0 Å². The van der Waals surface area contributed by atoms with E-state index < -0.39 is 0 Å². The fourth-order valence-electron chi connectivity index (χ4n) is 2.80. The molecule has 0 aromatic rings. The van der Waals surface area contributed by atoms with E-state index in [0.717, 1.165) is 19.6 Å². The topological polar surface area (TPSA) is 78.1 Å². The molecule has 0 fully saturated rings. The lowest BCUT2D eigenvalue weighted by Gasteiger charge is -2.01. The van der Waals surface area contributed by atoms with Crippen LogP contribution in [-0.4, -0.2) is 19.6 Å². The Bertz CT molecular complexity index is 166. The van der Waals surface area contributed by atoms with E-state index in [4.69, 9.17) is 17.2 Å². The number of rotatable bonds is 18. The molecular formula is C21H49N3. The predicted octanol–water partition coefficient (Wildman–Crippen LogP) is 5.50. The molecule has 3 heteroatoms. The summed E-state index contributed by atoms with van der Waals surface area (Å²) in [5.41, 5.74) is 16.1. The van der Waals surface area contributed by atoms with Crippen LogP contribution in [0.5, 0.6) is 0 Å². The molecule has 0 unspecified atom stereocenters. The highest BCUT2D eigenvalue weighted by Gasteiger charge is 1.91. The summed E-state index contributed by atoms with van der Waals surface area (Å²) < 4.78 is 0. The van der Waals surface area contributed by atoms with Gasteiger partial charge in [0.1, 0.15) is 0 Å². The van der Waals surface area contributed by atoms with Crippen molar-refractivity contribution in [1.82, 2.24) is 0 Å². The van der Waals surface area contributed by atoms with Gasteiger partial charge in [-0.15, -0.1) is 0 Å². The molecule has 0 aliphatic carbocycles. The molecule has 0 atom stereocenters. The van der Waals surface area contributed by atoms with Gasteiger partial charge < -0.3 is 17.2 Å². The Morgan fingerprint density at radius 2 is 0.542 bits per heavy atom. The van der Waals surface area contributed by atoms with Gasteiger partial charge in [-0.1, -0.05) is 96.8 Å². The quantitative estimate of drug-likeness (QED) is 0.287. The van der Waals surface area contributed by atoms with Crippen LogP contribution in [0.2, 0.25) is 0 Å². The SMILES string of the molecule is CCCCCCCCCCCCCN.NCCCCCCCCN. The first-order valence-electron chi connectivity index (χ1n) is 10.9. The average molecular weight is 344 g/mol. The van der Waals surface area contributed by atoms with E-state index in [1.165, 1.54) is 109 Å². The molecule has 0 aromatic heterocycles. The molecule has 0 aliphatic rings. The third-order valence-corrected chi connectivity index (χ3v) is 4.47. The van der Waals surface area contributed by atoms with Crippen LogP contribution >= 0.6 is 0 Å². The van der Waals surface area contributed by atoms with Crippen molar-refractivity contribution in [2.45, 2.75) is 116 Å². The van der Waals surface area contributed by atoms with Crippen LogP contribution in [0.25, 0.3) is 0 Å². The van der Waals surface area contributed by atoms with Crippen LogP contribution < -0.4 is 17.2 Å². The fourth-order valence-corrected chi connectivity index (χ4v) is 2.80. The average Bonchev–Trinajstić information content (AvgIpc) is 2.60. The molecule has 0 saturated carbocycles. The summed E-state index contributed by atoms with van der Waals surface area (Å²) in [6.07, 6.45) is 23.0. The van der Waals surface area contributed by atoms with Crippen molar-refractivity contribution in [3.05, 3.63) is 0 Å². The number of hydrogen-bond donors (Lipinski definition) is 3. The summed E-state index contributed by atoms with van der Waals surface area (Å²) in [5.74, 6) is 0. The molecule has 148 valence electrons. The van der Waals surface area contributed by atoms with Crippen molar-refractivity contribution in [3.8, 4) is 0 Å². The first kappa shape index (κ1) is 26.1. The first-order valence-corrected chi connectivity index (χ1v) is 10.9. The third kappa shape index (κ3) is 29.8. The van der Waals surface area contributed by atoms with Gasteiger partial charge in [-0.2, -0.15) is 0 Å². The smallest absolute Gasteiger partial charge is 0.00773 e. The molecule has 0 amide bonds. The molecule has 0 saturated heterocycles. The number of nitrogens with two attached hydrogens (primary N) is 3. The maximum atomic E-state index is 5.44. The first-order chi connectivity index (χ1) is 11.8. The number of unbranched alkanes of at least 4 members (excludes halogenated alkanes) is 15. The van der Waals surface area contributed by atoms with Gasteiger partial charge in [0, 0.05) is 0 Å². The van der Waals surface area contributed by atoms with E-state index >= 15 is 0 Å². The van der Waals surface area contributed by atoms with Crippen molar-refractivity contribution >= 4 is 0 Å². The second kappa shape index (κ2) is 27.7. The highest BCUT2D eigenvalue weighted by molar-refractivity contribution is 4.48. The Balaban J connectivity index is 0. The molecule has 0 aliphatic heterocycles. The molecular weight excluding hydrogens is 294 g/mol. The molecule has 0 radical (unpaired) electrons. The molecule has 3 nitrogen and oxygen atoms in total. The Morgan fingerprint density at radius 3 is 0.750 bits per heavy atom. The lowest BCUT2D eigenvalue weighted by molar-refractivity contribution is 0.551. The van der Waals surface area contributed by atoms with E-state index in [9.17, 15) is 0 Å². The molecule has 0 spiro atoms. The molecule has 0 rings (SSSR count). The Hall–Kier alpha value is -0.120. The Morgan fingerprint density at radius 1 is 0.333 bits per heavy atom. The minimum Gasteiger partial charge on any atom is -0.330 e. The van der Waals surface area contributed by atoms with Crippen LogP contribution in [0.3, 0.4) is 0 Å². The van der Waals surface area contributed by atoms with Crippen LogP contribution in [0.4, 0.5) is 0 Å². The summed E-state index contributed by atoms with van der Waals surface area (Å²) in [6, 6.07) is 0. The summed E-state index contributed by atoms with van der Waals surface area (Å²) in [7, 11) is 0. The van der Waals surface area contributed by atoms with E-state index in [1.807, 2.05) is 0 Å². The highest BCUT2D eigenvalue weighted by Crippen LogP contribution is 2.10. The molecule has 24 heavy (non-hydrogen) atoms. The van der Waals surface area contributed by atoms with Crippen LogP contribution in [0.1, 0.15) is 116 Å². The summed E-state index contributed by atoms with van der Waals surface area (Å²) in [4.78, 5) is 0. The van der Waals surface area contributed by atoms with Crippen molar-refractivity contribution in [2.75, 3.05) is 19.6 Å². The van der Waals surface area contributed by atoms with Crippen molar-refractivity contribution < 1.29 is 0 Å². The van der Waals surface area contributed by atoms with Gasteiger partial charge in [-0.05, 0) is 38.9 Å². The third-order valence-electron chi connectivity index (χ3n) is 4.47. The minimum absolute atomic E-state index is 0.844. The number of hydrogen-bond acceptors (Lipinski definition) is 3. The van der Waals surface area contributed by atoms with Crippen molar-refractivity contribution in [3.63, 3.8) is 0 Å². The molecule has 6 N–H and O–H groups in total. The van der Waals surface area contributed by atoms with Crippen molar-refractivity contribution in [2.24, 2.45) is 17.2 Å². The van der Waals surface area contributed by atoms with Gasteiger partial charge in [-0.25, -0.2) is 0 Å². The molecule has 0 bridgehead atoms. The summed E-state index contributed by atoms with van der Waals surface area (Å²) in [6.45, 7) is 4.84. The lowest BCUT2D eigenvalue weighted by atomic mass is 10.1. The Labute approximate surface area is 153 Å². The van der Waals surface area contributed by atoms with Crippen molar-refractivity contribution in [1.29, 1.82) is 0 Å². The van der Waals surface area contributed by atoms with Gasteiger partial charge in [0.15, 0.2) is 0 Å². The van der Waals surface area contributed by atoms with E-state index in [1.54, 1.807) is 0 Å². The second-order valence-electron chi connectivity index (χ2n) is 7.02. The zero-order valence-corrected chi connectivity index (χ0v) is 16.9. The highest BCUT2D eigenvalue weighted by atomic mass is 14.5. The zero-order chi connectivity index (χ0) is 18.1. The van der Waals surface area contributed by atoms with E-state index in [0.29, 0.717) is 0 Å². The van der Waals surface area contributed by atoms with Crippen LogP contribution in [0, 0.1) is 0 Å². The van der Waals surface area contributed by atoms with Gasteiger partial charge >= 0.3 is 0 Å². The lowest BCUT2D eigenvalue weighted by Crippen LogP contribution is -1.99. The summed E-state index contributed by atoms with van der Waals surface area (Å²) >= 11 is 0. The molecule has 0 heterocycles. The van der Waals surface area contributed by atoms with Crippen LogP contribution in [-0.2, 0) is 0 Å². The minimum atomic E-state index is 0.844. The second-order valence-corrected chi connectivity index (χ2v) is 7.02.